The van der Waals surface area contributed by atoms with Crippen LogP contribution >= 0.6 is 11.8 Å². The van der Waals surface area contributed by atoms with Crippen molar-refractivity contribution in [2.75, 3.05) is 29.6 Å². The highest BCUT2D eigenvalue weighted by Gasteiger charge is 2.37. The number of nitrogens with zero attached hydrogens (tertiary/aromatic N) is 1. The minimum Gasteiger partial charge on any atom is -0.480 e. The molecule has 2 rings (SSSR count). The molecule has 2 aliphatic heterocycles. The van der Waals surface area contributed by atoms with Crippen molar-refractivity contribution in [2.24, 2.45) is 0 Å². The van der Waals surface area contributed by atoms with E-state index in [1.54, 1.807) is 0 Å². The molecule has 0 radical (unpaired) electrons. The summed E-state index contributed by atoms with van der Waals surface area (Å²) in [7, 11) is -2.95. The molecule has 0 aromatic rings. The Bertz CT molecular complexity index is 389. The number of hydrogen-bond donors (Lipinski definition) is 1. The van der Waals surface area contributed by atoms with Crippen LogP contribution in [0, 0.1) is 0 Å². The van der Waals surface area contributed by atoms with E-state index in [-0.39, 0.29) is 30.1 Å². The van der Waals surface area contributed by atoms with Crippen LogP contribution in [0.5, 0.6) is 0 Å². The van der Waals surface area contributed by atoms with Crippen LogP contribution in [0.3, 0.4) is 0 Å². The highest BCUT2D eigenvalue weighted by molar-refractivity contribution is 7.99. The zero-order valence-electron chi connectivity index (χ0n) is 9.54. The molecule has 2 atom stereocenters. The van der Waals surface area contributed by atoms with Crippen LogP contribution in [0.25, 0.3) is 0 Å². The van der Waals surface area contributed by atoms with Crippen LogP contribution in [0.1, 0.15) is 12.8 Å². The van der Waals surface area contributed by atoms with Crippen LogP contribution in [0.15, 0.2) is 0 Å². The Kier molecular flexibility index (Phi) is 3.99. The average Bonchev–Trinajstić information content (AvgIpc) is 2.83. The Morgan fingerprint density at radius 2 is 2.12 bits per heavy atom. The standard InChI is InChI=1S/C10H17NO4S2/c12-10(13)5-11(8-1-3-16-6-8)9-2-4-17(14,15)7-9/h8-9H,1-7H2,(H,12,13). The number of rotatable bonds is 4. The number of hydrogen-bond acceptors (Lipinski definition) is 5. The molecule has 0 amide bonds. The van der Waals surface area contributed by atoms with Crippen LogP contribution in [-0.2, 0) is 14.6 Å². The average molecular weight is 279 g/mol. The van der Waals surface area contributed by atoms with Crippen molar-refractivity contribution in [2.45, 2.75) is 24.9 Å². The Labute approximate surface area is 105 Å². The lowest BCUT2D eigenvalue weighted by Crippen LogP contribution is -2.46. The summed E-state index contributed by atoms with van der Waals surface area (Å²) in [6.07, 6.45) is 1.55. The smallest absolute Gasteiger partial charge is 0.317 e. The second-order valence-electron chi connectivity index (χ2n) is 4.64. The fourth-order valence-electron chi connectivity index (χ4n) is 2.53. The first kappa shape index (κ1) is 13.2. The molecule has 7 heteroatoms. The summed E-state index contributed by atoms with van der Waals surface area (Å²) >= 11 is 1.81. The third-order valence-electron chi connectivity index (χ3n) is 3.37. The molecule has 17 heavy (non-hydrogen) atoms. The minimum absolute atomic E-state index is 0.0363. The second-order valence-corrected chi connectivity index (χ2v) is 8.02. The molecule has 0 bridgehead atoms. The van der Waals surface area contributed by atoms with Gasteiger partial charge in [0.25, 0.3) is 0 Å². The summed E-state index contributed by atoms with van der Waals surface area (Å²) in [5, 5.41) is 8.94. The highest BCUT2D eigenvalue weighted by Crippen LogP contribution is 2.27. The largest absolute Gasteiger partial charge is 0.480 e. The van der Waals surface area contributed by atoms with Gasteiger partial charge >= 0.3 is 5.97 Å². The summed E-state index contributed by atoms with van der Waals surface area (Å²) in [5.74, 6) is 1.42. The quantitative estimate of drug-likeness (QED) is 0.785. The molecular formula is C10H17NO4S2. The Hall–Kier alpha value is -0.270. The molecule has 5 nitrogen and oxygen atoms in total. The summed E-state index contributed by atoms with van der Waals surface area (Å²) in [4.78, 5) is 12.8. The van der Waals surface area contributed by atoms with Crippen molar-refractivity contribution in [1.29, 1.82) is 0 Å². The monoisotopic (exact) mass is 279 g/mol. The van der Waals surface area contributed by atoms with Gasteiger partial charge in [0.05, 0.1) is 18.1 Å². The van der Waals surface area contributed by atoms with Gasteiger partial charge in [0.2, 0.25) is 0 Å². The lowest BCUT2D eigenvalue weighted by Gasteiger charge is -2.31. The van der Waals surface area contributed by atoms with Crippen LogP contribution in [-0.4, -0.2) is 66.0 Å². The topological polar surface area (TPSA) is 74.7 Å². The lowest BCUT2D eigenvalue weighted by molar-refractivity contribution is -0.139. The Morgan fingerprint density at radius 3 is 2.59 bits per heavy atom. The van der Waals surface area contributed by atoms with E-state index in [1.165, 1.54) is 0 Å². The van der Waals surface area contributed by atoms with Crippen molar-refractivity contribution < 1.29 is 18.3 Å². The van der Waals surface area contributed by atoms with Crippen molar-refractivity contribution in [1.82, 2.24) is 4.90 Å². The van der Waals surface area contributed by atoms with Gasteiger partial charge in [0.1, 0.15) is 0 Å². The lowest BCUT2D eigenvalue weighted by atomic mass is 10.1. The molecule has 1 N–H and O–H groups in total. The second kappa shape index (κ2) is 5.16. The van der Waals surface area contributed by atoms with Gasteiger partial charge < -0.3 is 5.11 Å². The Morgan fingerprint density at radius 1 is 1.35 bits per heavy atom. The first-order valence-corrected chi connectivity index (χ1v) is 8.71. The van der Waals surface area contributed by atoms with Gasteiger partial charge in [-0.1, -0.05) is 0 Å². The van der Waals surface area contributed by atoms with E-state index in [1.807, 2.05) is 16.7 Å². The summed E-state index contributed by atoms with van der Waals surface area (Å²) in [6.45, 7) is -0.0363. The number of thioether (sulfide) groups is 1. The fraction of sp³-hybridized carbons (Fsp3) is 0.900. The number of carboxylic acid groups (broad SMARTS) is 1. The third-order valence-corrected chi connectivity index (χ3v) is 6.27. The van der Waals surface area contributed by atoms with Gasteiger partial charge in [0.15, 0.2) is 9.84 Å². The third kappa shape index (κ3) is 3.35. The van der Waals surface area contributed by atoms with E-state index in [0.717, 1.165) is 17.9 Å². The number of aliphatic carboxylic acids is 1. The predicted molar refractivity (Wildman–Crippen MR) is 67.1 cm³/mol. The van der Waals surface area contributed by atoms with Gasteiger partial charge in [-0.15, -0.1) is 0 Å². The Balaban J connectivity index is 2.07. The summed E-state index contributed by atoms with van der Waals surface area (Å²) in [6, 6.07) is 0.134. The molecule has 98 valence electrons. The zero-order valence-corrected chi connectivity index (χ0v) is 11.2. The molecule has 2 unspecified atom stereocenters. The van der Waals surface area contributed by atoms with Gasteiger partial charge in [-0.05, 0) is 18.6 Å². The van der Waals surface area contributed by atoms with Gasteiger partial charge in [0, 0.05) is 17.8 Å². The normalized spacial score (nSPS) is 32.1. The highest BCUT2D eigenvalue weighted by atomic mass is 32.2. The van der Waals surface area contributed by atoms with Crippen molar-refractivity contribution in [3.05, 3.63) is 0 Å². The molecule has 0 aromatic heterocycles. The van der Waals surface area contributed by atoms with E-state index in [4.69, 9.17) is 5.11 Å². The molecule has 2 fully saturated rings. The minimum atomic E-state index is -2.95. The maximum atomic E-state index is 11.5. The molecule has 0 aliphatic carbocycles. The van der Waals surface area contributed by atoms with Crippen LogP contribution < -0.4 is 0 Å². The first-order chi connectivity index (χ1) is 7.98. The summed E-state index contributed by atoms with van der Waals surface area (Å²) < 4.78 is 22.9. The maximum Gasteiger partial charge on any atom is 0.317 e. The van der Waals surface area contributed by atoms with E-state index in [0.29, 0.717) is 6.42 Å². The number of carboxylic acids is 1. The van der Waals surface area contributed by atoms with Crippen LogP contribution in [0.2, 0.25) is 0 Å². The van der Waals surface area contributed by atoms with Gasteiger partial charge in [-0.3, -0.25) is 9.69 Å². The number of sulfone groups is 1. The first-order valence-electron chi connectivity index (χ1n) is 5.73. The summed E-state index contributed by atoms with van der Waals surface area (Å²) in [5.41, 5.74) is 0. The van der Waals surface area contributed by atoms with Crippen molar-refractivity contribution in [3.63, 3.8) is 0 Å². The van der Waals surface area contributed by atoms with E-state index in [9.17, 15) is 13.2 Å². The van der Waals surface area contributed by atoms with E-state index in [2.05, 4.69) is 0 Å². The van der Waals surface area contributed by atoms with Gasteiger partial charge in [-0.2, -0.15) is 11.8 Å². The molecule has 0 spiro atoms. The fourth-order valence-corrected chi connectivity index (χ4v) is 5.51. The van der Waals surface area contributed by atoms with Crippen LogP contribution in [0.4, 0.5) is 0 Å². The molecule has 0 aromatic carbocycles. The molecule has 2 heterocycles. The number of carbonyl (C=O) groups is 1. The predicted octanol–water partition coefficient (Wildman–Crippen LogP) is 0.0656. The van der Waals surface area contributed by atoms with Crippen molar-refractivity contribution >= 4 is 27.6 Å². The van der Waals surface area contributed by atoms with E-state index >= 15 is 0 Å². The maximum absolute atomic E-state index is 11.5. The zero-order chi connectivity index (χ0) is 12.5. The molecule has 0 saturated carbocycles. The van der Waals surface area contributed by atoms with Crippen molar-refractivity contribution in [3.8, 4) is 0 Å². The SMILES string of the molecule is O=C(O)CN(C1CCSC1)C1CCS(=O)(=O)C1. The molecule has 2 aliphatic rings. The van der Waals surface area contributed by atoms with Gasteiger partial charge in [-0.25, -0.2) is 8.42 Å². The molecule has 2 saturated heterocycles. The van der Waals surface area contributed by atoms with E-state index < -0.39 is 15.8 Å². The molecular weight excluding hydrogens is 262 g/mol.